The number of aliphatic hydroxyl groups excluding tert-OH is 1. The molecule has 0 aliphatic heterocycles. The van der Waals surface area contributed by atoms with Gasteiger partial charge in [-0.2, -0.15) is 0 Å². The van der Waals surface area contributed by atoms with Crippen LogP contribution in [0.15, 0.2) is 35.4 Å². The Morgan fingerprint density at radius 3 is 2.10 bits per heavy atom. The van der Waals surface area contributed by atoms with Crippen molar-refractivity contribution >= 4 is 35.2 Å². The van der Waals surface area contributed by atoms with E-state index in [0.717, 1.165) is 50.5 Å². The van der Waals surface area contributed by atoms with Gasteiger partial charge in [0.25, 0.3) is 5.91 Å². The average molecular weight is 850 g/mol. The lowest BCUT2D eigenvalue weighted by Gasteiger charge is -2.72. The minimum atomic E-state index is -0.895. The van der Waals surface area contributed by atoms with Gasteiger partial charge in [0.1, 0.15) is 6.10 Å². The van der Waals surface area contributed by atoms with Gasteiger partial charge in [-0.25, -0.2) is 0 Å². The minimum Gasteiger partial charge on any atom is -0.481 e. The van der Waals surface area contributed by atoms with E-state index in [2.05, 4.69) is 48.5 Å². The van der Waals surface area contributed by atoms with Crippen LogP contribution in [0.25, 0.3) is 0 Å². The molecule has 0 unspecified atom stereocenters. The van der Waals surface area contributed by atoms with Crippen molar-refractivity contribution in [3.8, 4) is 0 Å². The van der Waals surface area contributed by atoms with Crippen molar-refractivity contribution in [1.29, 1.82) is 0 Å². The molecule has 0 spiro atoms. The fraction of sp³-hybridized carbons (Fsp3) is 0.760. The number of rotatable bonds is 11. The molecule has 1 aromatic carbocycles. The van der Waals surface area contributed by atoms with E-state index in [4.69, 9.17) is 16.3 Å². The van der Waals surface area contributed by atoms with E-state index in [9.17, 15) is 29.4 Å². The summed E-state index contributed by atoms with van der Waals surface area (Å²) in [6, 6.07) is 6.94. The molecule has 7 rings (SSSR count). The van der Waals surface area contributed by atoms with E-state index >= 15 is 0 Å². The highest BCUT2D eigenvalue weighted by Gasteiger charge is 2.71. The zero-order valence-corrected chi connectivity index (χ0v) is 39.1. The predicted molar refractivity (Wildman–Crippen MR) is 234 cm³/mol. The van der Waals surface area contributed by atoms with Gasteiger partial charge < -0.3 is 24.7 Å². The first-order valence-corrected chi connectivity index (χ1v) is 23.3. The Bertz CT molecular complexity index is 1920. The molecule has 2 N–H and O–H groups in total. The van der Waals surface area contributed by atoms with Gasteiger partial charge >= 0.3 is 11.9 Å². The van der Waals surface area contributed by atoms with Crippen molar-refractivity contribution in [3.05, 3.63) is 46.0 Å². The third kappa shape index (κ3) is 6.83. The number of esters is 1. The number of allylic oxidation sites excluding steroid dienone is 1. The van der Waals surface area contributed by atoms with E-state index in [1.165, 1.54) is 5.57 Å². The first kappa shape index (κ1) is 45.3. The summed E-state index contributed by atoms with van der Waals surface area (Å²) in [5, 5.41) is 22.9. The maximum absolute atomic E-state index is 14.4. The molecule has 0 heterocycles. The van der Waals surface area contributed by atoms with Gasteiger partial charge in [0.05, 0.1) is 17.9 Å². The number of aliphatic carboxylic acids is 1. The number of amides is 1. The number of aliphatic hydroxyl groups is 1. The lowest BCUT2D eigenvalue weighted by molar-refractivity contribution is -0.238. The highest BCUT2D eigenvalue weighted by Crippen LogP contribution is 2.77. The maximum Gasteiger partial charge on any atom is 0.309 e. The first-order valence-electron chi connectivity index (χ1n) is 23.0. The Hall–Kier alpha value is -2.75. The number of likely N-dealkylation sites (N-methyl/N-ethyl adjacent to an activating group) is 1. The van der Waals surface area contributed by atoms with Crippen molar-refractivity contribution in [1.82, 2.24) is 9.80 Å². The van der Waals surface area contributed by atoms with E-state index in [1.807, 2.05) is 32.8 Å². The normalized spacial score (nSPS) is 38.3. The van der Waals surface area contributed by atoms with Crippen molar-refractivity contribution in [2.75, 3.05) is 33.7 Å². The molecule has 9 nitrogen and oxygen atoms in total. The Kier molecular flexibility index (Phi) is 11.7. The van der Waals surface area contributed by atoms with Gasteiger partial charge in [-0.15, -0.1) is 0 Å². The number of carbonyl (C=O) groups excluding carboxylic acids is 3. The number of Topliss-reactive ketones (excluding diaryl/α,β-unsaturated/α-hetero) is 1. The molecule has 0 saturated heterocycles. The van der Waals surface area contributed by atoms with Crippen LogP contribution in [0.3, 0.4) is 0 Å². The topological polar surface area (TPSA) is 124 Å². The highest BCUT2D eigenvalue weighted by atomic mass is 35.5. The third-order valence-electron chi connectivity index (χ3n) is 18.8. The molecule has 5 fully saturated rings. The van der Waals surface area contributed by atoms with Gasteiger partial charge in [0.15, 0.2) is 5.78 Å². The van der Waals surface area contributed by atoms with Gasteiger partial charge in [-0.05, 0) is 147 Å². The Balaban J connectivity index is 1.16. The number of carboxylic acids is 1. The summed E-state index contributed by atoms with van der Waals surface area (Å²) in [4.78, 5) is 57.8. The molecule has 10 heteroatoms. The minimum absolute atomic E-state index is 0.0112. The average Bonchev–Trinajstić information content (AvgIpc) is 3.47. The van der Waals surface area contributed by atoms with Crippen LogP contribution in [-0.4, -0.2) is 89.6 Å². The first-order chi connectivity index (χ1) is 27.9. The van der Waals surface area contributed by atoms with E-state index in [-0.39, 0.29) is 63.8 Å². The Morgan fingerprint density at radius 1 is 0.833 bits per heavy atom. The second-order valence-corrected chi connectivity index (χ2v) is 23.2. The van der Waals surface area contributed by atoms with Crippen LogP contribution in [0.2, 0.25) is 5.02 Å². The van der Waals surface area contributed by atoms with Crippen molar-refractivity contribution in [2.24, 2.45) is 68.0 Å². The molecule has 0 radical (unpaired) electrons. The quantitative estimate of drug-likeness (QED) is 0.211. The SMILES string of the molecule is CC(C)C1=C2[C@H]3CC[C@@H]4[C@@]5(C)CC[C@H](OC(=O)[C@H]6C[C@@H](C(=O)O)C6(C)C)C(C)(C)[C@@H]5CC[C@@]4(C)[C@]3(C)CC[C@@]2([C@@H](O)CN(CCN(C)C)C(=O)c2ccc(Cl)cc2)CC1=O. The van der Waals surface area contributed by atoms with E-state index in [0.29, 0.717) is 54.8 Å². The molecule has 11 atom stereocenters. The van der Waals surface area contributed by atoms with E-state index < -0.39 is 34.7 Å². The van der Waals surface area contributed by atoms with Gasteiger partial charge in [0, 0.05) is 47.5 Å². The van der Waals surface area contributed by atoms with Crippen LogP contribution in [0.1, 0.15) is 137 Å². The third-order valence-corrected chi connectivity index (χ3v) is 19.0. The number of hydrogen-bond acceptors (Lipinski definition) is 7. The fourth-order valence-corrected chi connectivity index (χ4v) is 15.1. The summed E-state index contributed by atoms with van der Waals surface area (Å²) in [7, 11) is 3.96. The zero-order valence-electron chi connectivity index (χ0n) is 38.3. The number of ketones is 1. The number of hydrogen-bond donors (Lipinski definition) is 2. The Morgan fingerprint density at radius 2 is 1.50 bits per heavy atom. The number of ether oxygens (including phenoxy) is 1. The molecular formula is C50H73ClN2O7. The number of fused-ring (bicyclic) bond motifs is 7. The summed E-state index contributed by atoms with van der Waals surface area (Å²) in [5.74, 6) is -1.02. The van der Waals surface area contributed by atoms with E-state index in [1.54, 1.807) is 29.2 Å². The maximum atomic E-state index is 14.4. The number of carboxylic acid groups (broad SMARTS) is 1. The summed E-state index contributed by atoms with van der Waals surface area (Å²) in [6.45, 7) is 21.4. The molecule has 1 amide bonds. The highest BCUT2D eigenvalue weighted by molar-refractivity contribution is 6.30. The predicted octanol–water partition coefficient (Wildman–Crippen LogP) is 9.34. The molecule has 0 aromatic heterocycles. The number of nitrogens with zero attached hydrogens (tertiary/aromatic N) is 2. The van der Waals surface area contributed by atoms with Crippen LogP contribution in [0, 0.1) is 68.0 Å². The van der Waals surface area contributed by atoms with Crippen LogP contribution < -0.4 is 0 Å². The zero-order chi connectivity index (χ0) is 44.1. The van der Waals surface area contributed by atoms with Crippen molar-refractivity contribution in [3.63, 3.8) is 0 Å². The van der Waals surface area contributed by atoms with Gasteiger partial charge in [0.2, 0.25) is 0 Å². The van der Waals surface area contributed by atoms with Crippen LogP contribution in [0.5, 0.6) is 0 Å². The summed E-state index contributed by atoms with van der Waals surface area (Å²) in [6.07, 6.45) is 6.97. The summed E-state index contributed by atoms with van der Waals surface area (Å²) < 4.78 is 6.43. The second kappa shape index (κ2) is 15.5. The molecule has 6 aliphatic carbocycles. The number of halogens is 1. The monoisotopic (exact) mass is 849 g/mol. The lowest BCUT2D eigenvalue weighted by atomic mass is 9.33. The van der Waals surface area contributed by atoms with Crippen LogP contribution in [-0.2, 0) is 19.1 Å². The molecule has 60 heavy (non-hydrogen) atoms. The van der Waals surface area contributed by atoms with Crippen molar-refractivity contribution in [2.45, 2.75) is 139 Å². The molecule has 5 saturated carbocycles. The van der Waals surface area contributed by atoms with Gasteiger partial charge in [-0.1, -0.05) is 79.5 Å². The smallest absolute Gasteiger partial charge is 0.309 e. The molecule has 0 bridgehead atoms. The number of benzene rings is 1. The summed E-state index contributed by atoms with van der Waals surface area (Å²) >= 11 is 6.19. The van der Waals surface area contributed by atoms with Crippen LogP contribution in [0.4, 0.5) is 0 Å². The fourth-order valence-electron chi connectivity index (χ4n) is 15.0. The summed E-state index contributed by atoms with van der Waals surface area (Å²) in [5.41, 5.74) is 0.976. The molecule has 332 valence electrons. The molecule has 1 aromatic rings. The Labute approximate surface area is 364 Å². The van der Waals surface area contributed by atoms with Gasteiger partial charge in [-0.3, -0.25) is 19.2 Å². The van der Waals surface area contributed by atoms with Crippen LogP contribution >= 0.6 is 11.6 Å². The molecular weight excluding hydrogens is 776 g/mol. The molecule has 6 aliphatic rings. The lowest BCUT2D eigenvalue weighted by Crippen LogP contribution is -2.66. The number of carbonyl (C=O) groups is 4. The standard InChI is InChI=1S/C50H73ClN2O7/c1-29(2)40-35(54)27-50(38(55)28-53(25-24-52(10)11)42(56)30-12-14-31(51)15-13-30)23-22-48(8)32(41(40)50)16-17-37-47(7)20-19-39(46(5,6)36(47)18-21-49(37,48)9)60-44(59)34-26-33(43(57)58)45(34,3)4/h12-15,29,32-34,36-39,55H,16-28H2,1-11H3,(H,57,58)/t32-,33+,34-,36+,37-,38+,39+,47+,48-,49-,50+/m1/s1. The largest absolute Gasteiger partial charge is 0.481 e. The van der Waals surface area contributed by atoms with Crippen molar-refractivity contribution < 1.29 is 34.1 Å². The second-order valence-electron chi connectivity index (χ2n) is 22.7.